The van der Waals surface area contributed by atoms with Gasteiger partial charge in [0, 0.05) is 11.8 Å². The normalized spacial score (nSPS) is 10.9. The maximum atomic E-state index is 12.9. The van der Waals surface area contributed by atoms with Crippen LogP contribution in [0, 0.1) is 0 Å². The molecule has 0 saturated heterocycles. The number of nitrogens with zero attached hydrogens (tertiary/aromatic N) is 3. The van der Waals surface area contributed by atoms with E-state index in [0.29, 0.717) is 24.5 Å². The first-order chi connectivity index (χ1) is 18.3. The number of hydrazone groups is 1. The second-order valence-corrected chi connectivity index (χ2v) is 8.84. The number of carbonyl (C=O) groups is 1. The van der Waals surface area contributed by atoms with Crippen molar-refractivity contribution in [3.05, 3.63) is 120 Å². The Labute approximate surface area is 218 Å². The maximum absolute atomic E-state index is 12.9. The number of hydrogen-bond acceptors (Lipinski definition) is 6. The summed E-state index contributed by atoms with van der Waals surface area (Å²) >= 11 is 1.59. The van der Waals surface area contributed by atoms with Crippen LogP contribution >= 0.6 is 11.3 Å². The molecule has 1 amide bonds. The van der Waals surface area contributed by atoms with Crippen molar-refractivity contribution >= 4 is 23.5 Å². The number of rotatable bonds is 10. The van der Waals surface area contributed by atoms with Gasteiger partial charge < -0.3 is 9.47 Å². The van der Waals surface area contributed by atoms with Crippen molar-refractivity contribution < 1.29 is 14.3 Å². The number of aromatic nitrogens is 2. The first kappa shape index (κ1) is 24.0. The van der Waals surface area contributed by atoms with Crippen molar-refractivity contribution in [2.45, 2.75) is 0 Å². The molecule has 1 N–H and O–H groups in total. The fourth-order valence-electron chi connectivity index (χ4n) is 3.63. The van der Waals surface area contributed by atoms with Crippen LogP contribution in [0.2, 0.25) is 0 Å². The molecule has 5 aromatic rings. The van der Waals surface area contributed by atoms with Gasteiger partial charge in [0.2, 0.25) is 0 Å². The van der Waals surface area contributed by atoms with Crippen molar-refractivity contribution in [2.24, 2.45) is 5.10 Å². The fourth-order valence-corrected chi connectivity index (χ4v) is 4.36. The van der Waals surface area contributed by atoms with Crippen molar-refractivity contribution in [3.63, 3.8) is 0 Å². The van der Waals surface area contributed by atoms with Gasteiger partial charge in [0.25, 0.3) is 5.91 Å². The number of para-hydroxylation sites is 3. The molecule has 184 valence electrons. The topological polar surface area (TPSA) is 77.7 Å². The van der Waals surface area contributed by atoms with Crippen molar-refractivity contribution in [2.75, 3.05) is 13.2 Å². The predicted molar refractivity (Wildman–Crippen MR) is 146 cm³/mol. The molecule has 0 fully saturated rings. The van der Waals surface area contributed by atoms with Crippen LogP contribution < -0.4 is 14.9 Å². The zero-order valence-corrected chi connectivity index (χ0v) is 20.7. The average Bonchev–Trinajstić information content (AvgIpc) is 3.63. The minimum Gasteiger partial charge on any atom is -0.490 e. The van der Waals surface area contributed by atoms with Crippen LogP contribution in [0.1, 0.15) is 15.9 Å². The SMILES string of the molecule is O=C(N/N=C/c1cn(-c2ccccc2)nc1-c1cccs1)c1ccccc1OCCOc1ccccc1. The summed E-state index contributed by atoms with van der Waals surface area (Å²) < 4.78 is 13.3. The van der Waals surface area contributed by atoms with Gasteiger partial charge in [-0.3, -0.25) is 4.79 Å². The summed E-state index contributed by atoms with van der Waals surface area (Å²) in [5.41, 5.74) is 5.51. The predicted octanol–water partition coefficient (Wildman–Crippen LogP) is 5.82. The van der Waals surface area contributed by atoms with E-state index >= 15 is 0 Å². The summed E-state index contributed by atoms with van der Waals surface area (Å²) in [6.07, 6.45) is 3.50. The van der Waals surface area contributed by atoms with Gasteiger partial charge in [0.15, 0.2) is 0 Å². The monoisotopic (exact) mass is 508 g/mol. The highest BCUT2D eigenvalue weighted by Crippen LogP contribution is 2.27. The van der Waals surface area contributed by atoms with E-state index in [1.165, 1.54) is 0 Å². The Morgan fingerprint density at radius 1 is 0.892 bits per heavy atom. The molecular formula is C29H24N4O3S. The molecule has 0 saturated carbocycles. The first-order valence-corrected chi connectivity index (χ1v) is 12.6. The molecule has 0 radical (unpaired) electrons. The van der Waals surface area contributed by atoms with Crippen LogP contribution in [0.5, 0.6) is 11.5 Å². The molecule has 0 atom stereocenters. The van der Waals surface area contributed by atoms with Gasteiger partial charge in [0.1, 0.15) is 30.4 Å². The minimum absolute atomic E-state index is 0.297. The summed E-state index contributed by atoms with van der Waals surface area (Å²) in [5.74, 6) is 0.857. The highest BCUT2D eigenvalue weighted by Gasteiger charge is 2.14. The zero-order chi connectivity index (χ0) is 25.3. The lowest BCUT2D eigenvalue weighted by molar-refractivity contribution is 0.0950. The molecule has 2 heterocycles. The van der Waals surface area contributed by atoms with Crippen molar-refractivity contribution in [1.82, 2.24) is 15.2 Å². The van der Waals surface area contributed by atoms with E-state index in [9.17, 15) is 4.79 Å². The van der Waals surface area contributed by atoms with E-state index < -0.39 is 0 Å². The van der Waals surface area contributed by atoms with Crippen molar-refractivity contribution in [3.8, 4) is 27.8 Å². The third-order valence-electron chi connectivity index (χ3n) is 5.37. The van der Waals surface area contributed by atoms with E-state index in [0.717, 1.165) is 27.6 Å². The Kier molecular flexibility index (Phi) is 7.68. The highest BCUT2D eigenvalue weighted by molar-refractivity contribution is 7.13. The quantitative estimate of drug-likeness (QED) is 0.146. The summed E-state index contributed by atoms with van der Waals surface area (Å²) in [7, 11) is 0. The van der Waals surface area contributed by atoms with Crippen LogP contribution in [-0.2, 0) is 0 Å². The lowest BCUT2D eigenvalue weighted by Crippen LogP contribution is -2.19. The van der Waals surface area contributed by atoms with Gasteiger partial charge in [0.05, 0.1) is 22.3 Å². The Hall–Kier alpha value is -4.69. The fraction of sp³-hybridized carbons (Fsp3) is 0.0690. The molecular weight excluding hydrogens is 484 g/mol. The molecule has 0 unspecified atom stereocenters. The lowest BCUT2D eigenvalue weighted by Gasteiger charge is -2.11. The number of nitrogens with one attached hydrogen (secondary N) is 1. The van der Waals surface area contributed by atoms with E-state index in [4.69, 9.17) is 14.6 Å². The number of benzene rings is 3. The Balaban J connectivity index is 1.26. The second kappa shape index (κ2) is 11.8. The number of thiophene rings is 1. The van der Waals surface area contributed by atoms with E-state index in [1.807, 2.05) is 90.4 Å². The molecule has 7 nitrogen and oxygen atoms in total. The standard InChI is InChI=1S/C29H24N4O3S/c34-29(25-14-7-8-15-26(25)36-18-17-35-24-12-5-2-6-13-24)31-30-20-22-21-33(23-10-3-1-4-11-23)32-28(22)27-16-9-19-37-27/h1-16,19-21H,17-18H2,(H,31,34)/b30-20+. The molecule has 2 aromatic heterocycles. The van der Waals surface area contributed by atoms with Gasteiger partial charge in [-0.2, -0.15) is 10.2 Å². The van der Waals surface area contributed by atoms with E-state index in [-0.39, 0.29) is 5.91 Å². The summed E-state index contributed by atoms with van der Waals surface area (Å²) in [4.78, 5) is 13.9. The van der Waals surface area contributed by atoms with Crippen LogP contribution in [0.4, 0.5) is 0 Å². The number of ether oxygens (including phenoxy) is 2. The lowest BCUT2D eigenvalue weighted by atomic mass is 10.2. The van der Waals surface area contributed by atoms with Gasteiger partial charge in [-0.05, 0) is 47.8 Å². The third-order valence-corrected chi connectivity index (χ3v) is 6.25. The van der Waals surface area contributed by atoms with E-state index in [1.54, 1.807) is 40.4 Å². The van der Waals surface area contributed by atoms with Crippen molar-refractivity contribution in [1.29, 1.82) is 0 Å². The van der Waals surface area contributed by atoms with Crippen LogP contribution in [0.3, 0.4) is 0 Å². The molecule has 8 heteroatoms. The average molecular weight is 509 g/mol. The molecule has 3 aromatic carbocycles. The van der Waals surface area contributed by atoms with Crippen LogP contribution in [0.15, 0.2) is 114 Å². The molecule has 0 aliphatic carbocycles. The summed E-state index contributed by atoms with van der Waals surface area (Å²) in [5, 5.41) is 11.0. The highest BCUT2D eigenvalue weighted by atomic mass is 32.1. The minimum atomic E-state index is -0.371. The largest absolute Gasteiger partial charge is 0.490 e. The Morgan fingerprint density at radius 3 is 2.41 bits per heavy atom. The molecule has 0 bridgehead atoms. The maximum Gasteiger partial charge on any atom is 0.275 e. The molecule has 0 spiro atoms. The molecule has 0 aliphatic heterocycles. The molecule has 5 rings (SSSR count). The Morgan fingerprint density at radius 2 is 1.62 bits per heavy atom. The first-order valence-electron chi connectivity index (χ1n) is 11.7. The smallest absolute Gasteiger partial charge is 0.275 e. The number of carbonyl (C=O) groups excluding carboxylic acids is 1. The van der Waals surface area contributed by atoms with Gasteiger partial charge >= 0.3 is 0 Å². The van der Waals surface area contributed by atoms with Gasteiger partial charge in [-0.15, -0.1) is 11.3 Å². The second-order valence-electron chi connectivity index (χ2n) is 7.90. The summed E-state index contributed by atoms with van der Waals surface area (Å²) in [6.45, 7) is 0.653. The Bertz CT molecular complexity index is 1470. The number of amides is 1. The molecule has 37 heavy (non-hydrogen) atoms. The van der Waals surface area contributed by atoms with Gasteiger partial charge in [-0.1, -0.05) is 54.6 Å². The van der Waals surface area contributed by atoms with Gasteiger partial charge in [-0.25, -0.2) is 10.1 Å². The third kappa shape index (κ3) is 6.12. The van der Waals surface area contributed by atoms with Crippen LogP contribution in [-0.4, -0.2) is 35.1 Å². The summed E-state index contributed by atoms with van der Waals surface area (Å²) in [6, 6.07) is 30.4. The zero-order valence-electron chi connectivity index (χ0n) is 19.9. The number of hydrogen-bond donors (Lipinski definition) is 1. The van der Waals surface area contributed by atoms with E-state index in [2.05, 4.69) is 10.5 Å². The van der Waals surface area contributed by atoms with Crippen LogP contribution in [0.25, 0.3) is 16.3 Å². The molecule has 0 aliphatic rings.